The lowest BCUT2D eigenvalue weighted by Gasteiger charge is -2.37. The van der Waals surface area contributed by atoms with Crippen molar-refractivity contribution in [2.75, 3.05) is 6.61 Å². The predicted octanol–water partition coefficient (Wildman–Crippen LogP) is 5.24. The Morgan fingerprint density at radius 3 is 2.66 bits per heavy atom. The first-order chi connectivity index (χ1) is 14.0. The number of halogens is 1. The van der Waals surface area contributed by atoms with E-state index in [2.05, 4.69) is 0 Å². The second-order valence-electron chi connectivity index (χ2n) is 7.85. The molecule has 4 nitrogen and oxygen atoms in total. The minimum Gasteiger partial charge on any atom is -0.447 e. The van der Waals surface area contributed by atoms with Gasteiger partial charge in [-0.15, -0.1) is 0 Å². The molecule has 0 aromatic heterocycles. The van der Waals surface area contributed by atoms with Gasteiger partial charge in [-0.25, -0.2) is 0 Å². The number of carbonyl (C=O) groups is 2. The third-order valence-corrected chi connectivity index (χ3v) is 6.41. The zero-order valence-corrected chi connectivity index (χ0v) is 17.5. The molecule has 0 N–H and O–H groups in total. The third kappa shape index (κ3) is 3.38. The van der Waals surface area contributed by atoms with Crippen LogP contribution < -0.4 is 0 Å². The Bertz CT molecular complexity index is 937. The molecule has 3 atom stereocenters. The second-order valence-corrected chi connectivity index (χ2v) is 8.26. The summed E-state index contributed by atoms with van der Waals surface area (Å²) in [5, 5.41) is 0.517. The van der Waals surface area contributed by atoms with Crippen molar-refractivity contribution in [2.45, 2.75) is 57.2 Å². The normalized spacial score (nSPS) is 26.7. The van der Waals surface area contributed by atoms with Gasteiger partial charge in [0.05, 0.1) is 0 Å². The van der Waals surface area contributed by atoms with Crippen LogP contribution in [0.2, 0.25) is 5.02 Å². The van der Waals surface area contributed by atoms with Gasteiger partial charge in [0.2, 0.25) is 0 Å². The Hall–Kier alpha value is -2.17. The van der Waals surface area contributed by atoms with Gasteiger partial charge >= 0.3 is 5.97 Å². The smallest absolute Gasteiger partial charge is 0.322 e. The highest BCUT2D eigenvalue weighted by atomic mass is 35.5. The number of ketones is 1. The van der Waals surface area contributed by atoms with Gasteiger partial charge in [-0.3, -0.25) is 9.59 Å². The van der Waals surface area contributed by atoms with E-state index in [0.29, 0.717) is 23.6 Å². The van der Waals surface area contributed by atoms with E-state index in [-0.39, 0.29) is 11.9 Å². The van der Waals surface area contributed by atoms with Crippen LogP contribution in [-0.4, -0.2) is 30.1 Å². The van der Waals surface area contributed by atoms with Gasteiger partial charge in [0.15, 0.2) is 11.4 Å². The van der Waals surface area contributed by atoms with E-state index < -0.39 is 17.5 Å². The first kappa shape index (κ1) is 20.1. The average molecular weight is 413 g/mol. The zero-order valence-electron chi connectivity index (χ0n) is 16.7. The van der Waals surface area contributed by atoms with Crippen LogP contribution in [0.1, 0.15) is 49.7 Å². The highest BCUT2D eigenvalue weighted by Gasteiger charge is 2.61. The fourth-order valence-electron chi connectivity index (χ4n) is 4.68. The molecule has 1 heterocycles. The molecule has 1 saturated carbocycles. The topological polar surface area (TPSA) is 52.6 Å². The maximum absolute atomic E-state index is 13.5. The number of Topliss-reactive ketones (excluding diaryl/α,β-unsaturated/α-hetero) is 1. The summed E-state index contributed by atoms with van der Waals surface area (Å²) in [4.78, 5) is 26.4. The summed E-state index contributed by atoms with van der Waals surface area (Å²) < 4.78 is 11.6. The number of hydrogen-bond donors (Lipinski definition) is 0. The number of esters is 1. The lowest BCUT2D eigenvalue weighted by atomic mass is 9.75. The Kier molecular flexibility index (Phi) is 5.50. The van der Waals surface area contributed by atoms with E-state index in [0.717, 1.165) is 36.0 Å². The molecule has 3 unspecified atom stereocenters. The van der Waals surface area contributed by atoms with Crippen molar-refractivity contribution < 1.29 is 19.1 Å². The van der Waals surface area contributed by atoms with E-state index in [1.807, 2.05) is 50.2 Å². The SMILES string of the molecule is CCOC1CCCCC12OC(=O)C(c1cc(Cl)c(-c3ccccc3)cc1C)C2=O. The van der Waals surface area contributed by atoms with E-state index in [4.69, 9.17) is 21.1 Å². The Morgan fingerprint density at radius 2 is 1.93 bits per heavy atom. The number of ether oxygens (including phenoxy) is 2. The average Bonchev–Trinajstić information content (AvgIpc) is 2.96. The van der Waals surface area contributed by atoms with Gasteiger partial charge in [0.25, 0.3) is 0 Å². The summed E-state index contributed by atoms with van der Waals surface area (Å²) in [5.74, 6) is -1.63. The van der Waals surface area contributed by atoms with Crippen LogP contribution >= 0.6 is 11.6 Å². The number of benzene rings is 2. The molecule has 0 bridgehead atoms. The van der Waals surface area contributed by atoms with Crippen molar-refractivity contribution in [2.24, 2.45) is 0 Å². The summed E-state index contributed by atoms with van der Waals surface area (Å²) in [5.41, 5.74) is 2.19. The molecule has 29 heavy (non-hydrogen) atoms. The van der Waals surface area contributed by atoms with Crippen LogP contribution in [0.4, 0.5) is 0 Å². The number of hydrogen-bond acceptors (Lipinski definition) is 4. The molecule has 152 valence electrons. The van der Waals surface area contributed by atoms with E-state index >= 15 is 0 Å². The molecule has 0 amide bonds. The van der Waals surface area contributed by atoms with Crippen LogP contribution in [0.5, 0.6) is 0 Å². The molecule has 1 aliphatic heterocycles. The first-order valence-electron chi connectivity index (χ1n) is 10.2. The predicted molar refractivity (Wildman–Crippen MR) is 112 cm³/mol. The maximum atomic E-state index is 13.5. The molecular formula is C24H25ClO4. The largest absolute Gasteiger partial charge is 0.447 e. The molecule has 0 radical (unpaired) electrons. The quantitative estimate of drug-likeness (QED) is 0.508. The van der Waals surface area contributed by atoms with Crippen molar-refractivity contribution in [1.29, 1.82) is 0 Å². The minimum atomic E-state index is -1.16. The van der Waals surface area contributed by atoms with Crippen LogP contribution in [0.25, 0.3) is 11.1 Å². The fraction of sp³-hybridized carbons (Fsp3) is 0.417. The van der Waals surface area contributed by atoms with Gasteiger partial charge in [-0.1, -0.05) is 48.4 Å². The standard InChI is InChI=1S/C24H25ClO4/c1-3-28-20-11-7-8-12-24(20)22(26)21(23(27)29-24)17-14-19(25)18(13-15(17)2)16-9-5-4-6-10-16/h4-6,9-10,13-14,20-21H,3,7-8,11-12H2,1-2H3. The summed E-state index contributed by atoms with van der Waals surface area (Å²) in [6.45, 7) is 4.29. The van der Waals surface area contributed by atoms with E-state index in [1.54, 1.807) is 6.07 Å². The zero-order chi connectivity index (χ0) is 20.6. The molecule has 2 fully saturated rings. The van der Waals surface area contributed by atoms with E-state index in [1.165, 1.54) is 0 Å². The molecule has 4 rings (SSSR count). The summed E-state index contributed by atoms with van der Waals surface area (Å²) in [7, 11) is 0. The molecule has 2 aromatic carbocycles. The van der Waals surface area contributed by atoms with Gasteiger partial charge in [0.1, 0.15) is 12.0 Å². The third-order valence-electron chi connectivity index (χ3n) is 6.10. The van der Waals surface area contributed by atoms with Gasteiger partial charge in [-0.05, 0) is 61.9 Å². The minimum absolute atomic E-state index is 0.188. The highest BCUT2D eigenvalue weighted by Crippen LogP contribution is 2.46. The lowest BCUT2D eigenvalue weighted by Crippen LogP contribution is -2.51. The maximum Gasteiger partial charge on any atom is 0.322 e. The van der Waals surface area contributed by atoms with Crippen molar-refractivity contribution in [3.05, 3.63) is 58.6 Å². The van der Waals surface area contributed by atoms with Crippen LogP contribution in [-0.2, 0) is 19.1 Å². The molecule has 1 spiro atoms. The number of aryl methyl sites for hydroxylation is 1. The molecule has 2 aromatic rings. The van der Waals surface area contributed by atoms with Crippen LogP contribution in [0.3, 0.4) is 0 Å². The van der Waals surface area contributed by atoms with Crippen LogP contribution in [0, 0.1) is 6.92 Å². The highest BCUT2D eigenvalue weighted by molar-refractivity contribution is 6.33. The number of carbonyl (C=O) groups excluding carboxylic acids is 2. The summed E-state index contributed by atoms with van der Waals surface area (Å²) in [6, 6.07) is 13.5. The van der Waals surface area contributed by atoms with Crippen LogP contribution in [0.15, 0.2) is 42.5 Å². The lowest BCUT2D eigenvalue weighted by molar-refractivity contribution is -0.175. The Morgan fingerprint density at radius 1 is 1.17 bits per heavy atom. The molecular weight excluding hydrogens is 388 g/mol. The van der Waals surface area contributed by atoms with Crippen molar-refractivity contribution in [3.63, 3.8) is 0 Å². The molecule has 5 heteroatoms. The molecule has 1 aliphatic carbocycles. The number of rotatable bonds is 4. The van der Waals surface area contributed by atoms with Gasteiger partial charge in [-0.2, -0.15) is 0 Å². The van der Waals surface area contributed by atoms with Crippen molar-refractivity contribution in [3.8, 4) is 11.1 Å². The van der Waals surface area contributed by atoms with Gasteiger partial charge in [0, 0.05) is 17.2 Å². The second kappa shape index (κ2) is 7.92. The van der Waals surface area contributed by atoms with Crippen molar-refractivity contribution in [1.82, 2.24) is 0 Å². The monoisotopic (exact) mass is 412 g/mol. The first-order valence-corrected chi connectivity index (χ1v) is 10.6. The summed E-state index contributed by atoms with van der Waals surface area (Å²) >= 11 is 6.58. The molecule has 1 saturated heterocycles. The molecule has 2 aliphatic rings. The van der Waals surface area contributed by atoms with Gasteiger partial charge < -0.3 is 9.47 Å². The fourth-order valence-corrected chi connectivity index (χ4v) is 4.97. The van der Waals surface area contributed by atoms with Crippen molar-refractivity contribution >= 4 is 23.4 Å². The Labute approximate surface area is 176 Å². The van der Waals surface area contributed by atoms with E-state index in [9.17, 15) is 9.59 Å². The Balaban J connectivity index is 1.72. The summed E-state index contributed by atoms with van der Waals surface area (Å²) in [6.07, 6.45) is 2.70.